The Bertz CT molecular complexity index is 827. The number of rotatable bonds is 2. The van der Waals surface area contributed by atoms with Crippen LogP contribution in [0, 0.1) is 5.82 Å². The van der Waals surface area contributed by atoms with Crippen LogP contribution in [0.4, 0.5) is 4.39 Å². The lowest BCUT2D eigenvalue weighted by Crippen LogP contribution is -2.24. The molecule has 1 heterocycles. The van der Waals surface area contributed by atoms with Gasteiger partial charge in [-0.05, 0) is 39.7 Å². The van der Waals surface area contributed by atoms with Crippen LogP contribution in [0.1, 0.15) is 5.56 Å². The fraction of sp³-hybridized carbons (Fsp3) is 0.0667. The Balaban J connectivity index is 2.10. The van der Waals surface area contributed by atoms with E-state index in [-0.39, 0.29) is 11.4 Å². The minimum atomic E-state index is -0.297. The van der Waals surface area contributed by atoms with E-state index in [0.717, 1.165) is 10.9 Å². The third-order valence-corrected chi connectivity index (χ3v) is 3.65. The van der Waals surface area contributed by atoms with Gasteiger partial charge in [0.15, 0.2) is 0 Å². The van der Waals surface area contributed by atoms with Crippen LogP contribution in [0.5, 0.6) is 0 Å². The molecule has 0 fully saturated rings. The lowest BCUT2D eigenvalue weighted by Gasteiger charge is -2.08. The van der Waals surface area contributed by atoms with Gasteiger partial charge in [-0.3, -0.25) is 4.79 Å². The molecule has 2 aromatic carbocycles. The summed E-state index contributed by atoms with van der Waals surface area (Å²) in [5, 5.41) is 5.64. The molecule has 1 aromatic heterocycles. The molecule has 0 amide bonds. The zero-order valence-corrected chi connectivity index (χ0v) is 12.0. The van der Waals surface area contributed by atoms with Crippen LogP contribution < -0.4 is 5.56 Å². The molecule has 0 N–H and O–H groups in total. The lowest BCUT2D eigenvalue weighted by atomic mass is 10.2. The van der Waals surface area contributed by atoms with Crippen LogP contribution in [-0.4, -0.2) is 9.78 Å². The van der Waals surface area contributed by atoms with E-state index in [0.29, 0.717) is 16.5 Å². The molecule has 3 rings (SSSR count). The third-order valence-electron chi connectivity index (χ3n) is 3.07. The summed E-state index contributed by atoms with van der Waals surface area (Å²) < 4.78 is 14.9. The Morgan fingerprint density at radius 3 is 2.40 bits per heavy atom. The molecule has 20 heavy (non-hydrogen) atoms. The van der Waals surface area contributed by atoms with Crippen molar-refractivity contribution >= 4 is 26.7 Å². The molecule has 0 radical (unpaired) electrons. The van der Waals surface area contributed by atoms with E-state index in [9.17, 15) is 9.18 Å². The fourth-order valence-electron chi connectivity index (χ4n) is 2.06. The van der Waals surface area contributed by atoms with Crippen LogP contribution >= 0.6 is 15.9 Å². The monoisotopic (exact) mass is 332 g/mol. The maximum Gasteiger partial charge on any atom is 0.275 e. The normalized spacial score (nSPS) is 10.9. The Labute approximate surface area is 122 Å². The summed E-state index contributed by atoms with van der Waals surface area (Å²) in [6.45, 7) is 0.308. The molecule has 0 saturated carbocycles. The number of hydrogen-bond donors (Lipinski definition) is 0. The van der Waals surface area contributed by atoms with Gasteiger partial charge < -0.3 is 0 Å². The van der Waals surface area contributed by atoms with E-state index in [4.69, 9.17) is 0 Å². The zero-order valence-electron chi connectivity index (χ0n) is 10.4. The van der Waals surface area contributed by atoms with Crippen LogP contribution in [-0.2, 0) is 6.54 Å². The van der Waals surface area contributed by atoms with Gasteiger partial charge in [0, 0.05) is 5.39 Å². The Morgan fingerprint density at radius 2 is 1.70 bits per heavy atom. The maximum absolute atomic E-state index is 12.9. The molecule has 0 spiro atoms. The zero-order chi connectivity index (χ0) is 14.1. The first-order valence-corrected chi connectivity index (χ1v) is 6.84. The van der Waals surface area contributed by atoms with Crippen molar-refractivity contribution in [3.05, 3.63) is 74.9 Å². The molecule has 0 bridgehead atoms. The summed E-state index contributed by atoms with van der Waals surface area (Å²) in [5.74, 6) is -0.297. The van der Waals surface area contributed by atoms with E-state index in [1.54, 1.807) is 18.2 Å². The predicted molar refractivity (Wildman–Crippen MR) is 79.2 cm³/mol. The highest BCUT2D eigenvalue weighted by Gasteiger charge is 2.08. The van der Waals surface area contributed by atoms with Crippen molar-refractivity contribution in [2.75, 3.05) is 0 Å². The van der Waals surface area contributed by atoms with E-state index in [1.165, 1.54) is 16.8 Å². The first kappa shape index (κ1) is 13.0. The molecule has 0 saturated heterocycles. The van der Waals surface area contributed by atoms with Crippen molar-refractivity contribution in [3.8, 4) is 0 Å². The van der Waals surface area contributed by atoms with Gasteiger partial charge in [0.25, 0.3) is 5.56 Å². The lowest BCUT2D eigenvalue weighted by molar-refractivity contribution is 0.619. The molecule has 0 atom stereocenters. The number of halogens is 2. The summed E-state index contributed by atoms with van der Waals surface area (Å²) in [4.78, 5) is 12.4. The molecule has 5 heteroatoms. The van der Waals surface area contributed by atoms with Crippen LogP contribution in [0.3, 0.4) is 0 Å². The number of benzene rings is 2. The molecule has 3 aromatic rings. The smallest absolute Gasteiger partial charge is 0.267 e. The topological polar surface area (TPSA) is 34.9 Å². The SMILES string of the molecule is O=c1c2ccccc2c(Br)nn1Cc1ccc(F)cc1. The first-order valence-electron chi connectivity index (χ1n) is 6.05. The average Bonchev–Trinajstić information content (AvgIpc) is 2.47. The van der Waals surface area contributed by atoms with E-state index in [1.807, 2.05) is 18.2 Å². The van der Waals surface area contributed by atoms with Gasteiger partial charge in [-0.1, -0.05) is 30.3 Å². The minimum absolute atomic E-state index is 0.159. The van der Waals surface area contributed by atoms with Gasteiger partial charge in [0.2, 0.25) is 0 Å². The summed E-state index contributed by atoms with van der Waals surface area (Å²) in [6, 6.07) is 13.3. The minimum Gasteiger partial charge on any atom is -0.267 e. The first-order chi connectivity index (χ1) is 9.65. The largest absolute Gasteiger partial charge is 0.275 e. The van der Waals surface area contributed by atoms with Gasteiger partial charge in [0.05, 0.1) is 11.9 Å². The molecule has 3 nitrogen and oxygen atoms in total. The van der Waals surface area contributed by atoms with Gasteiger partial charge in [-0.2, -0.15) is 5.10 Å². The molecular weight excluding hydrogens is 323 g/mol. The highest BCUT2D eigenvalue weighted by atomic mass is 79.9. The van der Waals surface area contributed by atoms with E-state index >= 15 is 0 Å². The van der Waals surface area contributed by atoms with Crippen molar-refractivity contribution < 1.29 is 4.39 Å². The quantitative estimate of drug-likeness (QED) is 0.721. The second-order valence-electron chi connectivity index (χ2n) is 4.43. The van der Waals surface area contributed by atoms with Crippen molar-refractivity contribution in [2.45, 2.75) is 6.54 Å². The summed E-state index contributed by atoms with van der Waals surface area (Å²) in [5.41, 5.74) is 0.663. The molecule has 0 aliphatic carbocycles. The highest BCUT2D eigenvalue weighted by molar-refractivity contribution is 9.10. The number of hydrogen-bond acceptors (Lipinski definition) is 2. The summed E-state index contributed by atoms with van der Waals surface area (Å²) in [6.07, 6.45) is 0. The maximum atomic E-state index is 12.9. The number of aromatic nitrogens is 2. The third kappa shape index (κ3) is 2.36. The summed E-state index contributed by atoms with van der Waals surface area (Å²) >= 11 is 3.38. The second-order valence-corrected chi connectivity index (χ2v) is 5.18. The van der Waals surface area contributed by atoms with Gasteiger partial charge in [-0.15, -0.1) is 0 Å². The standard InChI is InChI=1S/C15H10BrFN2O/c16-14-12-3-1-2-4-13(12)15(20)19(18-14)9-10-5-7-11(17)8-6-10/h1-8H,9H2. The average molecular weight is 333 g/mol. The Morgan fingerprint density at radius 1 is 1.05 bits per heavy atom. The highest BCUT2D eigenvalue weighted by Crippen LogP contribution is 2.18. The van der Waals surface area contributed by atoms with Crippen molar-refractivity contribution in [3.63, 3.8) is 0 Å². The summed E-state index contributed by atoms with van der Waals surface area (Å²) in [7, 11) is 0. The van der Waals surface area contributed by atoms with Crippen LogP contribution in [0.25, 0.3) is 10.8 Å². The molecule has 0 aliphatic heterocycles. The Kier molecular flexibility index (Phi) is 3.36. The number of fused-ring (bicyclic) bond motifs is 1. The van der Waals surface area contributed by atoms with Gasteiger partial charge in [0.1, 0.15) is 10.4 Å². The second kappa shape index (κ2) is 5.17. The Hall–Kier alpha value is -2.01. The van der Waals surface area contributed by atoms with Gasteiger partial charge >= 0.3 is 0 Å². The van der Waals surface area contributed by atoms with E-state index in [2.05, 4.69) is 21.0 Å². The van der Waals surface area contributed by atoms with E-state index < -0.39 is 0 Å². The fourth-order valence-corrected chi connectivity index (χ4v) is 2.60. The molecular formula is C15H10BrFN2O. The van der Waals surface area contributed by atoms with Crippen molar-refractivity contribution in [1.29, 1.82) is 0 Å². The van der Waals surface area contributed by atoms with Crippen LogP contribution in [0.15, 0.2) is 57.9 Å². The molecule has 100 valence electrons. The van der Waals surface area contributed by atoms with Gasteiger partial charge in [-0.25, -0.2) is 9.07 Å². The van der Waals surface area contributed by atoms with Crippen LogP contribution in [0.2, 0.25) is 0 Å². The molecule has 0 aliphatic rings. The molecule has 0 unspecified atom stereocenters. The predicted octanol–water partition coefficient (Wildman–Crippen LogP) is 3.35. The van der Waals surface area contributed by atoms with Crippen molar-refractivity contribution in [2.24, 2.45) is 0 Å². The number of nitrogens with zero attached hydrogens (tertiary/aromatic N) is 2. The van der Waals surface area contributed by atoms with Crippen molar-refractivity contribution in [1.82, 2.24) is 9.78 Å².